The predicted molar refractivity (Wildman–Crippen MR) is 113 cm³/mol. The first-order valence-corrected chi connectivity index (χ1v) is 9.81. The lowest BCUT2D eigenvalue weighted by Crippen LogP contribution is -2.26. The van der Waals surface area contributed by atoms with Crippen molar-refractivity contribution >= 4 is 51.9 Å². The topological polar surface area (TPSA) is 75.6 Å². The fraction of sp³-hybridized carbons (Fsp3) is 0. The molecule has 27 heavy (non-hydrogen) atoms. The Morgan fingerprint density at radius 3 is 2.41 bits per heavy atom. The molecule has 0 fully saturated rings. The highest BCUT2D eigenvalue weighted by atomic mass is 127. The summed E-state index contributed by atoms with van der Waals surface area (Å²) in [5.74, 6) is -0.275. The van der Waals surface area contributed by atoms with Gasteiger partial charge in [-0.05, 0) is 69.9 Å². The number of rotatable bonds is 6. The molecule has 7 heteroatoms. The van der Waals surface area contributed by atoms with Crippen molar-refractivity contribution in [2.45, 2.75) is 0 Å². The lowest BCUT2D eigenvalue weighted by atomic mass is 10.2. The molecule has 0 aliphatic rings. The molecule has 0 radical (unpaired) electrons. The number of carboxylic acid groups (broad SMARTS) is 1. The molecule has 0 aliphatic carbocycles. The summed E-state index contributed by atoms with van der Waals surface area (Å²) in [5.41, 5.74) is 0.439. The summed E-state index contributed by atoms with van der Waals surface area (Å²) in [5, 5.41) is 13.5. The van der Waals surface area contributed by atoms with Gasteiger partial charge in [-0.25, -0.2) is 4.79 Å². The second-order valence-corrected chi connectivity index (χ2v) is 7.51. The number of hydrogen-bond donors (Lipinski definition) is 2. The first-order chi connectivity index (χ1) is 13.0. The number of nitrogens with one attached hydrogen (secondary N) is 1. The van der Waals surface area contributed by atoms with Crippen molar-refractivity contribution in [2.24, 2.45) is 0 Å². The number of carbonyl (C=O) groups is 2. The summed E-state index contributed by atoms with van der Waals surface area (Å²) in [6.45, 7) is 0. The molecule has 2 aromatic carbocycles. The van der Waals surface area contributed by atoms with E-state index in [0.717, 1.165) is 9.32 Å². The largest absolute Gasteiger partial charge is 0.477 e. The van der Waals surface area contributed by atoms with E-state index in [2.05, 4.69) is 27.9 Å². The van der Waals surface area contributed by atoms with E-state index in [1.807, 2.05) is 24.3 Å². The zero-order chi connectivity index (χ0) is 19.2. The Labute approximate surface area is 173 Å². The van der Waals surface area contributed by atoms with Crippen LogP contribution in [0.4, 0.5) is 0 Å². The molecule has 1 amide bonds. The van der Waals surface area contributed by atoms with Crippen LogP contribution in [0.2, 0.25) is 0 Å². The SMILES string of the molecule is O=C(O)/C(=C/c1ccc(Oc2ccccc2I)cc1)NC(=O)c1cccs1. The number of ether oxygens (including phenoxy) is 1. The number of amides is 1. The summed E-state index contributed by atoms with van der Waals surface area (Å²) in [6.07, 6.45) is 1.41. The van der Waals surface area contributed by atoms with Gasteiger partial charge in [0.15, 0.2) is 0 Å². The van der Waals surface area contributed by atoms with Crippen molar-refractivity contribution in [1.29, 1.82) is 0 Å². The number of carbonyl (C=O) groups excluding carboxylic acids is 1. The minimum absolute atomic E-state index is 0.195. The minimum Gasteiger partial charge on any atom is -0.477 e. The highest BCUT2D eigenvalue weighted by Crippen LogP contribution is 2.26. The quantitative estimate of drug-likeness (QED) is 0.376. The number of halogens is 1. The molecule has 0 saturated heterocycles. The van der Waals surface area contributed by atoms with Gasteiger partial charge in [-0.2, -0.15) is 0 Å². The van der Waals surface area contributed by atoms with E-state index >= 15 is 0 Å². The average Bonchev–Trinajstić information content (AvgIpc) is 3.19. The van der Waals surface area contributed by atoms with Crippen LogP contribution in [-0.4, -0.2) is 17.0 Å². The number of aliphatic carboxylic acids is 1. The van der Waals surface area contributed by atoms with E-state index in [1.54, 1.807) is 41.8 Å². The fourth-order valence-electron chi connectivity index (χ4n) is 2.20. The van der Waals surface area contributed by atoms with E-state index in [4.69, 9.17) is 4.74 Å². The summed E-state index contributed by atoms with van der Waals surface area (Å²) in [6, 6.07) is 18.0. The van der Waals surface area contributed by atoms with Gasteiger partial charge < -0.3 is 15.2 Å². The first kappa shape index (κ1) is 19.1. The van der Waals surface area contributed by atoms with Crippen molar-refractivity contribution < 1.29 is 19.4 Å². The normalized spacial score (nSPS) is 11.1. The molecule has 0 unspecified atom stereocenters. The number of benzene rings is 2. The van der Waals surface area contributed by atoms with Gasteiger partial charge in [0.25, 0.3) is 5.91 Å². The molecule has 0 atom stereocenters. The molecule has 2 N–H and O–H groups in total. The number of thiophene rings is 1. The summed E-state index contributed by atoms with van der Waals surface area (Å²) < 4.78 is 6.81. The van der Waals surface area contributed by atoms with Gasteiger partial charge in [-0.3, -0.25) is 4.79 Å². The molecule has 136 valence electrons. The highest BCUT2D eigenvalue weighted by molar-refractivity contribution is 14.1. The molecule has 5 nitrogen and oxygen atoms in total. The van der Waals surface area contributed by atoms with Crippen LogP contribution in [0.1, 0.15) is 15.2 Å². The van der Waals surface area contributed by atoms with E-state index in [-0.39, 0.29) is 5.70 Å². The van der Waals surface area contributed by atoms with Gasteiger partial charge >= 0.3 is 5.97 Å². The lowest BCUT2D eigenvalue weighted by molar-refractivity contribution is -0.132. The third-order valence-corrected chi connectivity index (χ3v) is 5.24. The lowest BCUT2D eigenvalue weighted by Gasteiger charge is -2.08. The van der Waals surface area contributed by atoms with Gasteiger partial charge in [-0.1, -0.05) is 30.3 Å². The Hall–Kier alpha value is -2.65. The smallest absolute Gasteiger partial charge is 0.352 e. The molecule has 1 heterocycles. The van der Waals surface area contributed by atoms with E-state index in [9.17, 15) is 14.7 Å². The molecule has 3 aromatic rings. The average molecular weight is 491 g/mol. The summed E-state index contributed by atoms with van der Waals surface area (Å²) in [7, 11) is 0. The van der Waals surface area contributed by atoms with Gasteiger partial charge in [0.1, 0.15) is 17.2 Å². The van der Waals surface area contributed by atoms with Gasteiger partial charge in [0, 0.05) is 0 Å². The molecule has 0 aliphatic heterocycles. The molecular formula is C20H14INO4S. The summed E-state index contributed by atoms with van der Waals surface area (Å²) >= 11 is 3.44. The van der Waals surface area contributed by atoms with Crippen LogP contribution < -0.4 is 10.1 Å². The molecule has 0 spiro atoms. The predicted octanol–water partition coefficient (Wildman–Crippen LogP) is 5.00. The molecule has 1 aromatic heterocycles. The number of hydrogen-bond acceptors (Lipinski definition) is 4. The highest BCUT2D eigenvalue weighted by Gasteiger charge is 2.14. The first-order valence-electron chi connectivity index (χ1n) is 7.85. The number of carboxylic acids is 1. The maximum absolute atomic E-state index is 12.1. The van der Waals surface area contributed by atoms with Crippen LogP contribution in [0.15, 0.2) is 71.7 Å². The van der Waals surface area contributed by atoms with Crippen molar-refractivity contribution in [3.8, 4) is 11.5 Å². The second kappa shape index (κ2) is 8.83. The van der Waals surface area contributed by atoms with E-state index < -0.39 is 11.9 Å². The maximum Gasteiger partial charge on any atom is 0.352 e. The molecule has 0 saturated carbocycles. The minimum atomic E-state index is -1.21. The molecular weight excluding hydrogens is 477 g/mol. The third-order valence-electron chi connectivity index (χ3n) is 3.48. The Morgan fingerprint density at radius 2 is 1.78 bits per heavy atom. The Bertz CT molecular complexity index is 981. The van der Waals surface area contributed by atoms with Gasteiger partial charge in [0.2, 0.25) is 0 Å². The second-order valence-electron chi connectivity index (χ2n) is 5.40. The van der Waals surface area contributed by atoms with Crippen LogP contribution in [0.5, 0.6) is 11.5 Å². The van der Waals surface area contributed by atoms with Crippen LogP contribution >= 0.6 is 33.9 Å². The van der Waals surface area contributed by atoms with Crippen LogP contribution in [0, 0.1) is 3.57 Å². The van der Waals surface area contributed by atoms with Crippen molar-refractivity contribution in [3.63, 3.8) is 0 Å². The summed E-state index contributed by atoms with van der Waals surface area (Å²) in [4.78, 5) is 24.0. The standard InChI is InChI=1S/C20H14INO4S/c21-15-4-1-2-5-17(15)26-14-9-7-13(8-10-14)12-16(20(24)25)22-19(23)18-6-3-11-27-18/h1-12H,(H,22,23)(H,24,25)/b16-12-. The van der Waals surface area contributed by atoms with Gasteiger partial charge in [0.05, 0.1) is 8.45 Å². The van der Waals surface area contributed by atoms with Crippen molar-refractivity contribution in [2.75, 3.05) is 0 Å². The molecule has 3 rings (SSSR count). The van der Waals surface area contributed by atoms with Crippen LogP contribution in [0.3, 0.4) is 0 Å². The Kier molecular flexibility index (Phi) is 6.25. The third kappa shape index (κ3) is 5.18. The fourth-order valence-corrected chi connectivity index (χ4v) is 3.31. The van der Waals surface area contributed by atoms with Crippen LogP contribution in [-0.2, 0) is 4.79 Å². The van der Waals surface area contributed by atoms with Crippen molar-refractivity contribution in [3.05, 3.63) is 85.8 Å². The maximum atomic E-state index is 12.1. The molecule has 0 bridgehead atoms. The number of para-hydroxylation sites is 1. The van der Waals surface area contributed by atoms with Gasteiger partial charge in [-0.15, -0.1) is 11.3 Å². The Morgan fingerprint density at radius 1 is 1.04 bits per heavy atom. The Balaban J connectivity index is 1.75. The van der Waals surface area contributed by atoms with E-state index in [0.29, 0.717) is 16.2 Å². The van der Waals surface area contributed by atoms with Crippen LogP contribution in [0.25, 0.3) is 6.08 Å². The monoisotopic (exact) mass is 491 g/mol. The zero-order valence-electron chi connectivity index (χ0n) is 13.9. The van der Waals surface area contributed by atoms with E-state index in [1.165, 1.54) is 17.4 Å². The van der Waals surface area contributed by atoms with Crippen molar-refractivity contribution in [1.82, 2.24) is 5.32 Å². The zero-order valence-corrected chi connectivity index (χ0v) is 16.9.